The van der Waals surface area contributed by atoms with Crippen LogP contribution in [0, 0.1) is 6.92 Å². The third-order valence-corrected chi connectivity index (χ3v) is 6.07. The number of thiophene rings is 1. The highest BCUT2D eigenvalue weighted by molar-refractivity contribution is 7.18. The number of hydrogen-bond donors (Lipinski definition) is 1. The summed E-state index contributed by atoms with van der Waals surface area (Å²) in [6, 6.07) is 8.05. The summed E-state index contributed by atoms with van der Waals surface area (Å²) in [4.78, 5) is 39.9. The van der Waals surface area contributed by atoms with Gasteiger partial charge in [0.1, 0.15) is 9.88 Å². The number of carbonyl (C=O) groups excluding carboxylic acids is 3. The van der Waals surface area contributed by atoms with Crippen molar-refractivity contribution in [3.8, 4) is 0 Å². The zero-order valence-corrected chi connectivity index (χ0v) is 18.3. The normalized spacial score (nSPS) is 12.8. The molecule has 1 aromatic heterocycles. The molecule has 2 aromatic rings. The van der Waals surface area contributed by atoms with Gasteiger partial charge >= 0.3 is 11.9 Å². The number of benzene rings is 1. The van der Waals surface area contributed by atoms with Crippen molar-refractivity contribution in [2.75, 3.05) is 36.5 Å². The number of anilines is 2. The zero-order chi connectivity index (χ0) is 21.7. The van der Waals surface area contributed by atoms with Gasteiger partial charge in [0.25, 0.3) is 0 Å². The number of carbonyl (C=O) groups is 3. The Balaban J connectivity index is 1.83. The number of amides is 1. The van der Waals surface area contributed by atoms with E-state index in [1.807, 2.05) is 23.1 Å². The minimum absolute atomic E-state index is 0.158. The van der Waals surface area contributed by atoms with Crippen molar-refractivity contribution in [1.29, 1.82) is 0 Å². The Kier molecular flexibility index (Phi) is 7.10. The predicted octanol–water partition coefficient (Wildman–Crippen LogP) is 3.80. The maximum atomic E-state index is 12.8. The fraction of sp³-hybridized carbons (Fsp3) is 0.409. The van der Waals surface area contributed by atoms with Crippen molar-refractivity contribution in [1.82, 2.24) is 0 Å². The van der Waals surface area contributed by atoms with Crippen LogP contribution in [0.5, 0.6) is 0 Å². The number of ether oxygens (including phenoxy) is 2. The van der Waals surface area contributed by atoms with E-state index in [1.54, 1.807) is 20.8 Å². The van der Waals surface area contributed by atoms with E-state index in [4.69, 9.17) is 9.47 Å². The standard InChI is InChI=1S/C22H26N2O5S/c1-4-28-21(26)18-14(3)19(22(27)29-5-2)30-20(18)23-17(25)13-24-12-8-10-15-9-6-7-11-16(15)24/h6-7,9,11H,4-5,8,10,12-13H2,1-3H3,(H,23,25). The summed E-state index contributed by atoms with van der Waals surface area (Å²) in [7, 11) is 0. The first-order chi connectivity index (χ1) is 14.5. The lowest BCUT2D eigenvalue weighted by atomic mass is 10.0. The Morgan fingerprint density at radius 3 is 2.53 bits per heavy atom. The molecule has 1 N–H and O–H groups in total. The third kappa shape index (κ3) is 4.64. The Labute approximate surface area is 180 Å². The van der Waals surface area contributed by atoms with Gasteiger partial charge in [-0.15, -0.1) is 11.3 Å². The second kappa shape index (κ2) is 9.75. The molecule has 2 heterocycles. The van der Waals surface area contributed by atoms with Crippen molar-refractivity contribution in [2.45, 2.75) is 33.6 Å². The maximum absolute atomic E-state index is 12.8. The van der Waals surface area contributed by atoms with Gasteiger partial charge in [0.05, 0.1) is 25.3 Å². The molecule has 0 saturated carbocycles. The molecule has 1 aromatic carbocycles. The first-order valence-electron chi connectivity index (χ1n) is 10.1. The molecule has 0 bridgehead atoms. The van der Waals surface area contributed by atoms with Gasteiger partial charge in [-0.3, -0.25) is 4.79 Å². The Morgan fingerprint density at radius 1 is 1.10 bits per heavy atom. The van der Waals surface area contributed by atoms with E-state index >= 15 is 0 Å². The molecule has 0 aliphatic carbocycles. The minimum Gasteiger partial charge on any atom is -0.462 e. The second-order valence-corrected chi connectivity index (χ2v) is 7.92. The van der Waals surface area contributed by atoms with E-state index in [9.17, 15) is 14.4 Å². The largest absolute Gasteiger partial charge is 0.462 e. The van der Waals surface area contributed by atoms with E-state index in [0.717, 1.165) is 36.4 Å². The number of fused-ring (bicyclic) bond motifs is 1. The quantitative estimate of drug-likeness (QED) is 0.673. The molecule has 7 nitrogen and oxygen atoms in total. The zero-order valence-electron chi connectivity index (χ0n) is 17.4. The third-order valence-electron chi connectivity index (χ3n) is 4.88. The summed E-state index contributed by atoms with van der Waals surface area (Å²) >= 11 is 1.04. The highest BCUT2D eigenvalue weighted by Gasteiger charge is 2.28. The molecule has 1 amide bonds. The van der Waals surface area contributed by atoms with Crippen molar-refractivity contribution in [3.05, 3.63) is 45.8 Å². The lowest BCUT2D eigenvalue weighted by molar-refractivity contribution is -0.115. The van der Waals surface area contributed by atoms with E-state index in [-0.39, 0.29) is 31.2 Å². The summed E-state index contributed by atoms with van der Waals surface area (Å²) < 4.78 is 10.2. The van der Waals surface area contributed by atoms with Gasteiger partial charge in [-0.2, -0.15) is 0 Å². The molecule has 3 rings (SSSR count). The molecule has 0 saturated heterocycles. The molecule has 30 heavy (non-hydrogen) atoms. The van der Waals surface area contributed by atoms with Crippen LogP contribution in [-0.4, -0.2) is 44.1 Å². The van der Waals surface area contributed by atoms with Crippen LogP contribution in [0.2, 0.25) is 0 Å². The fourth-order valence-electron chi connectivity index (χ4n) is 3.56. The minimum atomic E-state index is -0.569. The SMILES string of the molecule is CCOC(=O)c1sc(NC(=O)CN2CCCc3ccccc32)c(C(=O)OCC)c1C. The van der Waals surface area contributed by atoms with E-state index in [1.165, 1.54) is 5.56 Å². The number of para-hydroxylation sites is 1. The molecule has 0 atom stereocenters. The Hall–Kier alpha value is -2.87. The summed E-state index contributed by atoms with van der Waals surface area (Å²) in [6.45, 7) is 6.44. The van der Waals surface area contributed by atoms with Crippen molar-refractivity contribution in [3.63, 3.8) is 0 Å². The fourth-order valence-corrected chi connectivity index (χ4v) is 4.66. The molecule has 0 fully saturated rings. The molecule has 0 spiro atoms. The highest BCUT2D eigenvalue weighted by Crippen LogP contribution is 2.34. The Morgan fingerprint density at radius 2 is 1.80 bits per heavy atom. The topological polar surface area (TPSA) is 84.9 Å². The molecule has 0 radical (unpaired) electrons. The average molecular weight is 431 g/mol. The molecule has 1 aliphatic heterocycles. The van der Waals surface area contributed by atoms with Crippen LogP contribution in [0.3, 0.4) is 0 Å². The van der Waals surface area contributed by atoms with Crippen LogP contribution >= 0.6 is 11.3 Å². The highest BCUT2D eigenvalue weighted by atomic mass is 32.1. The summed E-state index contributed by atoms with van der Waals surface area (Å²) in [5, 5.41) is 3.13. The number of hydrogen-bond acceptors (Lipinski definition) is 7. The van der Waals surface area contributed by atoms with Gasteiger partial charge in [0, 0.05) is 12.2 Å². The van der Waals surface area contributed by atoms with Gasteiger partial charge < -0.3 is 19.7 Å². The first kappa shape index (κ1) is 21.8. The molecule has 1 aliphatic rings. The Bertz CT molecular complexity index is 953. The van der Waals surface area contributed by atoms with Gasteiger partial charge in [0.2, 0.25) is 5.91 Å². The number of rotatable bonds is 7. The molecular formula is C22H26N2O5S. The van der Waals surface area contributed by atoms with Crippen molar-refractivity contribution >= 4 is 39.9 Å². The maximum Gasteiger partial charge on any atom is 0.348 e. The monoisotopic (exact) mass is 430 g/mol. The molecule has 160 valence electrons. The average Bonchev–Trinajstić information content (AvgIpc) is 3.04. The van der Waals surface area contributed by atoms with Crippen LogP contribution in [0.1, 0.15) is 51.4 Å². The van der Waals surface area contributed by atoms with Crippen LogP contribution in [0.15, 0.2) is 24.3 Å². The number of esters is 2. The molecule has 0 unspecified atom stereocenters. The van der Waals surface area contributed by atoms with Crippen LogP contribution in [-0.2, 0) is 20.7 Å². The number of nitrogens with one attached hydrogen (secondary N) is 1. The first-order valence-corrected chi connectivity index (χ1v) is 10.9. The second-order valence-electron chi connectivity index (χ2n) is 6.90. The number of aryl methyl sites for hydroxylation is 1. The van der Waals surface area contributed by atoms with E-state index in [0.29, 0.717) is 15.4 Å². The van der Waals surface area contributed by atoms with Gasteiger partial charge in [-0.05, 0) is 50.8 Å². The van der Waals surface area contributed by atoms with Crippen LogP contribution in [0.25, 0.3) is 0 Å². The smallest absolute Gasteiger partial charge is 0.348 e. The van der Waals surface area contributed by atoms with Crippen molar-refractivity contribution < 1.29 is 23.9 Å². The van der Waals surface area contributed by atoms with Gasteiger partial charge in [0.15, 0.2) is 0 Å². The lowest BCUT2D eigenvalue weighted by Crippen LogP contribution is -2.36. The van der Waals surface area contributed by atoms with Crippen molar-refractivity contribution in [2.24, 2.45) is 0 Å². The summed E-state index contributed by atoms with van der Waals surface area (Å²) in [5.41, 5.74) is 2.94. The summed E-state index contributed by atoms with van der Waals surface area (Å²) in [6.07, 6.45) is 1.97. The van der Waals surface area contributed by atoms with Crippen LogP contribution < -0.4 is 10.2 Å². The lowest BCUT2D eigenvalue weighted by Gasteiger charge is -2.30. The van der Waals surface area contributed by atoms with Crippen LogP contribution in [0.4, 0.5) is 10.7 Å². The van der Waals surface area contributed by atoms with E-state index in [2.05, 4.69) is 11.4 Å². The number of nitrogens with zero attached hydrogens (tertiary/aromatic N) is 1. The molecular weight excluding hydrogens is 404 g/mol. The molecule has 8 heteroatoms. The summed E-state index contributed by atoms with van der Waals surface area (Å²) in [5.74, 6) is -1.34. The predicted molar refractivity (Wildman–Crippen MR) is 117 cm³/mol. The van der Waals surface area contributed by atoms with E-state index < -0.39 is 11.9 Å². The van der Waals surface area contributed by atoms with Gasteiger partial charge in [-0.1, -0.05) is 18.2 Å². The van der Waals surface area contributed by atoms with Gasteiger partial charge in [-0.25, -0.2) is 9.59 Å².